The van der Waals surface area contributed by atoms with Crippen LogP contribution in [0.5, 0.6) is 0 Å². The number of carbonyl (C=O) groups excluding carboxylic acids is 1. The zero-order valence-corrected chi connectivity index (χ0v) is 16.0. The Bertz CT molecular complexity index is 984. The van der Waals surface area contributed by atoms with Crippen molar-refractivity contribution in [2.45, 2.75) is 19.1 Å². The second-order valence-corrected chi connectivity index (χ2v) is 7.14. The van der Waals surface area contributed by atoms with E-state index < -0.39 is 6.10 Å². The van der Waals surface area contributed by atoms with Crippen LogP contribution >= 0.6 is 15.9 Å². The van der Waals surface area contributed by atoms with E-state index in [9.17, 15) is 4.79 Å². The Morgan fingerprint density at radius 2 is 2.04 bits per heavy atom. The predicted molar refractivity (Wildman–Crippen MR) is 107 cm³/mol. The first-order chi connectivity index (χ1) is 13.2. The highest BCUT2D eigenvalue weighted by molar-refractivity contribution is 9.10. The number of oxime groups is 1. The van der Waals surface area contributed by atoms with Gasteiger partial charge in [-0.1, -0.05) is 63.6 Å². The predicted octanol–water partition coefficient (Wildman–Crippen LogP) is 3.83. The van der Waals surface area contributed by atoms with E-state index in [1.807, 2.05) is 60.8 Å². The molecular weight excluding hydrogens is 408 g/mol. The van der Waals surface area contributed by atoms with E-state index in [2.05, 4.69) is 31.5 Å². The molecule has 7 heteroatoms. The summed E-state index contributed by atoms with van der Waals surface area (Å²) in [4.78, 5) is 17.8. The number of carbonyl (C=O) groups is 1. The molecule has 1 aliphatic rings. The Morgan fingerprint density at radius 1 is 1.19 bits per heavy atom. The largest absolute Gasteiger partial charge is 0.382 e. The number of amides is 1. The number of halogens is 1. The van der Waals surface area contributed by atoms with Crippen molar-refractivity contribution in [2.75, 3.05) is 5.32 Å². The van der Waals surface area contributed by atoms with Gasteiger partial charge in [-0.2, -0.15) is 5.10 Å². The van der Waals surface area contributed by atoms with Crippen LogP contribution in [0.3, 0.4) is 0 Å². The first-order valence-electron chi connectivity index (χ1n) is 8.54. The second kappa shape index (κ2) is 7.75. The van der Waals surface area contributed by atoms with Gasteiger partial charge in [0.25, 0.3) is 5.91 Å². The molecule has 4 rings (SSSR count). The third kappa shape index (κ3) is 4.25. The number of hydrogen-bond donors (Lipinski definition) is 1. The summed E-state index contributed by atoms with van der Waals surface area (Å²) in [5.41, 5.74) is 2.84. The lowest BCUT2D eigenvalue weighted by atomic mass is 10.0. The molecule has 2 aromatic carbocycles. The summed E-state index contributed by atoms with van der Waals surface area (Å²) >= 11 is 3.44. The van der Waals surface area contributed by atoms with Gasteiger partial charge < -0.3 is 10.2 Å². The molecule has 0 saturated carbocycles. The van der Waals surface area contributed by atoms with E-state index in [4.69, 9.17) is 4.84 Å². The molecule has 1 aliphatic heterocycles. The van der Waals surface area contributed by atoms with Crippen molar-refractivity contribution >= 4 is 33.4 Å². The highest BCUT2D eigenvalue weighted by Gasteiger charge is 2.29. The van der Waals surface area contributed by atoms with E-state index >= 15 is 0 Å². The highest BCUT2D eigenvalue weighted by atomic mass is 79.9. The van der Waals surface area contributed by atoms with Crippen LogP contribution in [0.1, 0.15) is 17.5 Å². The lowest BCUT2D eigenvalue weighted by molar-refractivity contribution is -0.125. The molecule has 136 valence electrons. The zero-order valence-electron chi connectivity index (χ0n) is 14.4. The number of rotatable bonds is 5. The molecule has 1 unspecified atom stereocenters. The maximum Gasteiger partial charge on any atom is 0.269 e. The zero-order chi connectivity index (χ0) is 18.6. The van der Waals surface area contributed by atoms with Gasteiger partial charge >= 0.3 is 0 Å². The van der Waals surface area contributed by atoms with Crippen molar-refractivity contribution in [3.05, 3.63) is 82.5 Å². The normalized spacial score (nSPS) is 15.9. The van der Waals surface area contributed by atoms with Gasteiger partial charge in [-0.05, 0) is 17.7 Å². The first-order valence-corrected chi connectivity index (χ1v) is 9.33. The van der Waals surface area contributed by atoms with Crippen molar-refractivity contribution in [1.82, 2.24) is 9.78 Å². The maximum absolute atomic E-state index is 12.5. The van der Waals surface area contributed by atoms with E-state index in [1.54, 1.807) is 10.7 Å². The van der Waals surface area contributed by atoms with Gasteiger partial charge in [0, 0.05) is 28.7 Å². The molecule has 3 aromatic rings. The number of anilines is 1. The van der Waals surface area contributed by atoms with Crippen LogP contribution in [0.4, 0.5) is 5.82 Å². The summed E-state index contributed by atoms with van der Waals surface area (Å²) in [5, 5.41) is 11.2. The summed E-state index contributed by atoms with van der Waals surface area (Å²) in [6.07, 6.45) is 1.60. The minimum Gasteiger partial charge on any atom is -0.382 e. The first kappa shape index (κ1) is 17.5. The molecule has 1 aromatic heterocycles. The average Bonchev–Trinajstić information content (AvgIpc) is 3.32. The molecule has 2 heterocycles. The van der Waals surface area contributed by atoms with Gasteiger partial charge in [0.15, 0.2) is 5.82 Å². The fraction of sp³-hybridized carbons (Fsp3) is 0.150. The number of hydrogen-bond acceptors (Lipinski definition) is 4. The van der Waals surface area contributed by atoms with E-state index in [0.717, 1.165) is 21.3 Å². The molecule has 0 aliphatic carbocycles. The Kier molecular flexibility index (Phi) is 5.02. The fourth-order valence-corrected chi connectivity index (χ4v) is 3.25. The minimum absolute atomic E-state index is 0.256. The van der Waals surface area contributed by atoms with Crippen LogP contribution in [0.2, 0.25) is 0 Å². The lowest BCUT2D eigenvalue weighted by Gasteiger charge is -2.07. The molecule has 0 saturated heterocycles. The van der Waals surface area contributed by atoms with Gasteiger partial charge in [-0.25, -0.2) is 0 Å². The van der Waals surface area contributed by atoms with Gasteiger partial charge in [0.1, 0.15) is 0 Å². The Hall–Kier alpha value is -2.93. The highest BCUT2D eigenvalue weighted by Crippen LogP contribution is 2.20. The van der Waals surface area contributed by atoms with Gasteiger partial charge in [0.05, 0.1) is 12.3 Å². The number of nitrogens with one attached hydrogen (secondary N) is 1. The van der Waals surface area contributed by atoms with Gasteiger partial charge in [0.2, 0.25) is 6.10 Å². The minimum atomic E-state index is -0.654. The second-order valence-electron chi connectivity index (χ2n) is 6.22. The van der Waals surface area contributed by atoms with E-state index in [0.29, 0.717) is 18.8 Å². The van der Waals surface area contributed by atoms with Crippen LogP contribution < -0.4 is 5.32 Å². The number of aromatic nitrogens is 2. The quantitative estimate of drug-likeness (QED) is 0.676. The number of benzene rings is 2. The summed E-state index contributed by atoms with van der Waals surface area (Å²) in [6, 6.07) is 19.6. The van der Waals surface area contributed by atoms with Crippen LogP contribution in [-0.2, 0) is 16.2 Å². The van der Waals surface area contributed by atoms with Crippen LogP contribution in [0.15, 0.2) is 76.5 Å². The molecule has 1 atom stereocenters. The van der Waals surface area contributed by atoms with E-state index in [-0.39, 0.29) is 5.91 Å². The Balaban J connectivity index is 1.35. The Labute approximate surface area is 165 Å². The van der Waals surface area contributed by atoms with Crippen molar-refractivity contribution in [3.8, 4) is 0 Å². The van der Waals surface area contributed by atoms with Crippen molar-refractivity contribution in [3.63, 3.8) is 0 Å². The molecular formula is C20H17BrN4O2. The summed E-state index contributed by atoms with van der Waals surface area (Å²) in [6.45, 7) is 0.646. The van der Waals surface area contributed by atoms with Crippen molar-refractivity contribution in [2.24, 2.45) is 5.16 Å². The molecule has 0 bridgehead atoms. The molecule has 0 radical (unpaired) electrons. The molecule has 0 fully saturated rings. The van der Waals surface area contributed by atoms with Crippen molar-refractivity contribution < 1.29 is 9.63 Å². The third-order valence-electron chi connectivity index (χ3n) is 4.20. The van der Waals surface area contributed by atoms with Crippen LogP contribution in [0, 0.1) is 0 Å². The molecule has 27 heavy (non-hydrogen) atoms. The molecule has 1 N–H and O–H groups in total. The summed E-state index contributed by atoms with van der Waals surface area (Å²) in [7, 11) is 0. The fourth-order valence-electron chi connectivity index (χ4n) is 2.85. The maximum atomic E-state index is 12.5. The monoisotopic (exact) mass is 424 g/mol. The van der Waals surface area contributed by atoms with Crippen LogP contribution in [-0.4, -0.2) is 27.5 Å². The number of nitrogens with zero attached hydrogens (tertiary/aromatic N) is 3. The summed E-state index contributed by atoms with van der Waals surface area (Å²) in [5.74, 6) is 0.240. The van der Waals surface area contributed by atoms with Crippen molar-refractivity contribution in [1.29, 1.82) is 0 Å². The molecule has 0 spiro atoms. The third-order valence-corrected chi connectivity index (χ3v) is 4.69. The topological polar surface area (TPSA) is 68.5 Å². The van der Waals surface area contributed by atoms with Gasteiger partial charge in [-0.3, -0.25) is 9.48 Å². The standard InChI is InChI=1S/C20H17BrN4O2/c21-16-8-4-7-15(11-16)17-12-18(27-24-17)20(26)22-19-9-10-25(23-19)13-14-5-2-1-3-6-14/h1-11,18H,12-13H2,(H,22,23,26). The van der Waals surface area contributed by atoms with E-state index in [1.165, 1.54) is 0 Å². The summed E-state index contributed by atoms with van der Waals surface area (Å²) < 4.78 is 2.74. The molecule has 6 nitrogen and oxygen atoms in total. The smallest absolute Gasteiger partial charge is 0.269 e. The SMILES string of the molecule is O=C(Nc1ccn(Cc2ccccc2)n1)C1CC(c2cccc(Br)c2)=NO1. The lowest BCUT2D eigenvalue weighted by Crippen LogP contribution is -2.28. The average molecular weight is 425 g/mol. The van der Waals surface area contributed by atoms with Gasteiger partial charge in [-0.15, -0.1) is 0 Å². The molecule has 1 amide bonds. The van der Waals surface area contributed by atoms with Crippen LogP contribution in [0.25, 0.3) is 0 Å². The Morgan fingerprint density at radius 3 is 2.85 bits per heavy atom.